The quantitative estimate of drug-likeness (QED) is 0.484. The topological polar surface area (TPSA) is 12.9 Å². The van der Waals surface area contributed by atoms with Gasteiger partial charge in [-0.25, -0.2) is 0 Å². The fourth-order valence-electron chi connectivity index (χ4n) is 2.20. The summed E-state index contributed by atoms with van der Waals surface area (Å²) in [6, 6.07) is 24.2. The van der Waals surface area contributed by atoms with Crippen LogP contribution in [0.15, 0.2) is 79.0 Å². The van der Waals surface area contributed by atoms with Crippen LogP contribution in [0.2, 0.25) is 0 Å². The maximum Gasteiger partial charge on any atom is 0.0701 e. The van der Waals surface area contributed by atoms with E-state index in [1.165, 1.54) is 0 Å². The predicted octanol–water partition coefficient (Wildman–Crippen LogP) is 5.43. The first-order chi connectivity index (χ1) is 10.8. The van der Waals surface area contributed by atoms with Gasteiger partial charge in [-0.3, -0.25) is 4.98 Å². The van der Waals surface area contributed by atoms with E-state index in [1.807, 2.05) is 60.7 Å². The SMILES string of the molecule is S/C(=C(\S)c1ccc(-c2ccccn2)cc1)c1ccccc1. The van der Waals surface area contributed by atoms with Crippen molar-refractivity contribution in [2.45, 2.75) is 0 Å². The summed E-state index contributed by atoms with van der Waals surface area (Å²) in [6.45, 7) is 0. The van der Waals surface area contributed by atoms with E-state index in [0.717, 1.165) is 32.2 Å². The molecule has 1 heterocycles. The Morgan fingerprint density at radius 1 is 0.636 bits per heavy atom. The van der Waals surface area contributed by atoms with Crippen molar-refractivity contribution in [3.8, 4) is 11.3 Å². The zero-order valence-electron chi connectivity index (χ0n) is 11.8. The molecule has 0 N–H and O–H groups in total. The van der Waals surface area contributed by atoms with Gasteiger partial charge in [-0.05, 0) is 23.3 Å². The van der Waals surface area contributed by atoms with Gasteiger partial charge in [-0.1, -0.05) is 60.7 Å². The Labute approximate surface area is 141 Å². The van der Waals surface area contributed by atoms with E-state index in [0.29, 0.717) is 0 Å². The summed E-state index contributed by atoms with van der Waals surface area (Å²) < 4.78 is 0. The smallest absolute Gasteiger partial charge is 0.0701 e. The molecule has 22 heavy (non-hydrogen) atoms. The first-order valence-corrected chi connectivity index (χ1v) is 7.84. The molecule has 0 radical (unpaired) electrons. The summed E-state index contributed by atoms with van der Waals surface area (Å²) >= 11 is 9.25. The number of aromatic nitrogens is 1. The second kappa shape index (κ2) is 6.86. The molecule has 0 aliphatic heterocycles. The molecule has 3 heteroatoms. The maximum absolute atomic E-state index is 4.64. The van der Waals surface area contributed by atoms with Crippen molar-refractivity contribution in [3.63, 3.8) is 0 Å². The summed E-state index contributed by atoms with van der Waals surface area (Å²) in [5, 5.41) is 0. The van der Waals surface area contributed by atoms with E-state index in [4.69, 9.17) is 0 Å². The molecule has 0 aliphatic carbocycles. The van der Waals surface area contributed by atoms with E-state index >= 15 is 0 Å². The summed E-state index contributed by atoms with van der Waals surface area (Å²) in [5.74, 6) is 0. The average Bonchev–Trinajstić information content (AvgIpc) is 2.62. The maximum atomic E-state index is 4.64. The van der Waals surface area contributed by atoms with Gasteiger partial charge in [0.2, 0.25) is 0 Å². The molecule has 0 atom stereocenters. The third-order valence-electron chi connectivity index (χ3n) is 3.39. The Kier molecular flexibility index (Phi) is 4.66. The molecule has 2 aromatic carbocycles. The Morgan fingerprint density at radius 3 is 1.82 bits per heavy atom. The molecule has 0 unspecified atom stereocenters. The van der Waals surface area contributed by atoms with Crippen molar-refractivity contribution in [2.24, 2.45) is 0 Å². The highest BCUT2D eigenvalue weighted by Gasteiger charge is 2.06. The highest BCUT2D eigenvalue weighted by atomic mass is 32.1. The Bertz CT molecular complexity index is 779. The van der Waals surface area contributed by atoms with Crippen LogP contribution in [-0.2, 0) is 0 Å². The van der Waals surface area contributed by atoms with Crippen molar-refractivity contribution < 1.29 is 0 Å². The minimum atomic E-state index is 0.863. The highest BCUT2D eigenvalue weighted by molar-refractivity contribution is 7.96. The summed E-state index contributed by atoms with van der Waals surface area (Å²) in [7, 11) is 0. The second-order valence-corrected chi connectivity index (χ2v) is 5.75. The number of benzene rings is 2. The van der Waals surface area contributed by atoms with Crippen LogP contribution in [0.4, 0.5) is 0 Å². The zero-order chi connectivity index (χ0) is 15.4. The zero-order valence-corrected chi connectivity index (χ0v) is 13.6. The summed E-state index contributed by atoms with van der Waals surface area (Å²) in [6.07, 6.45) is 1.80. The van der Waals surface area contributed by atoms with Crippen LogP contribution in [0.3, 0.4) is 0 Å². The van der Waals surface area contributed by atoms with Crippen molar-refractivity contribution in [3.05, 3.63) is 90.1 Å². The fourth-order valence-corrected chi connectivity index (χ4v) is 2.76. The Hall–Kier alpha value is -1.97. The normalized spacial score (nSPS) is 11.9. The minimum Gasteiger partial charge on any atom is -0.256 e. The van der Waals surface area contributed by atoms with Crippen LogP contribution < -0.4 is 0 Å². The Balaban J connectivity index is 1.93. The van der Waals surface area contributed by atoms with E-state index in [9.17, 15) is 0 Å². The minimum absolute atomic E-state index is 0.863. The van der Waals surface area contributed by atoms with Gasteiger partial charge in [0.25, 0.3) is 0 Å². The molecule has 108 valence electrons. The number of hydrogen-bond acceptors (Lipinski definition) is 3. The highest BCUT2D eigenvalue weighted by Crippen LogP contribution is 2.32. The lowest BCUT2D eigenvalue weighted by Crippen LogP contribution is -1.85. The molecule has 3 aromatic rings. The Morgan fingerprint density at radius 2 is 1.23 bits per heavy atom. The van der Waals surface area contributed by atoms with Gasteiger partial charge < -0.3 is 0 Å². The van der Waals surface area contributed by atoms with E-state index in [1.54, 1.807) is 6.20 Å². The van der Waals surface area contributed by atoms with E-state index in [-0.39, 0.29) is 0 Å². The third kappa shape index (κ3) is 3.26. The lowest BCUT2D eigenvalue weighted by Gasteiger charge is -2.08. The lowest BCUT2D eigenvalue weighted by molar-refractivity contribution is 1.33. The number of rotatable bonds is 3. The molecule has 0 fully saturated rings. The largest absolute Gasteiger partial charge is 0.256 e. The molecular weight excluding hydrogens is 306 g/mol. The fraction of sp³-hybridized carbons (Fsp3) is 0. The number of nitrogens with zero attached hydrogens (tertiary/aromatic N) is 1. The van der Waals surface area contributed by atoms with E-state index in [2.05, 4.69) is 42.4 Å². The molecule has 0 amide bonds. The molecule has 0 saturated carbocycles. The van der Waals surface area contributed by atoms with Crippen LogP contribution in [-0.4, -0.2) is 4.98 Å². The van der Waals surface area contributed by atoms with Crippen LogP contribution in [0.5, 0.6) is 0 Å². The number of hydrogen-bond donors (Lipinski definition) is 2. The second-order valence-electron chi connectivity index (χ2n) is 4.86. The van der Waals surface area contributed by atoms with Gasteiger partial charge in [0.05, 0.1) is 5.69 Å². The van der Waals surface area contributed by atoms with E-state index < -0.39 is 0 Å². The number of pyridine rings is 1. The van der Waals surface area contributed by atoms with Gasteiger partial charge in [0.1, 0.15) is 0 Å². The molecule has 1 aromatic heterocycles. The molecule has 0 spiro atoms. The standard InChI is InChI=1S/C19H15NS2/c21-18(15-6-2-1-3-7-15)19(22)16-11-9-14(10-12-16)17-8-4-5-13-20-17/h1-13,21-22H/b19-18-. The van der Waals surface area contributed by atoms with Crippen LogP contribution >= 0.6 is 25.3 Å². The summed E-state index contributed by atoms with van der Waals surface area (Å²) in [5.41, 5.74) is 4.15. The first-order valence-electron chi connectivity index (χ1n) is 6.95. The lowest BCUT2D eigenvalue weighted by atomic mass is 10.1. The summed E-state index contributed by atoms with van der Waals surface area (Å²) in [4.78, 5) is 6.09. The van der Waals surface area contributed by atoms with Gasteiger partial charge in [0.15, 0.2) is 0 Å². The van der Waals surface area contributed by atoms with Crippen LogP contribution in [0.25, 0.3) is 21.1 Å². The van der Waals surface area contributed by atoms with Gasteiger partial charge >= 0.3 is 0 Å². The molecule has 0 bridgehead atoms. The van der Waals surface area contributed by atoms with Gasteiger partial charge in [-0.2, -0.15) is 0 Å². The van der Waals surface area contributed by atoms with Crippen LogP contribution in [0.1, 0.15) is 11.1 Å². The molecule has 0 aliphatic rings. The first kappa shape index (κ1) is 14.9. The monoisotopic (exact) mass is 321 g/mol. The molecule has 0 saturated heterocycles. The van der Waals surface area contributed by atoms with Gasteiger partial charge in [-0.15, -0.1) is 25.3 Å². The van der Waals surface area contributed by atoms with Crippen molar-refractivity contribution in [1.29, 1.82) is 0 Å². The number of thiol groups is 2. The predicted molar refractivity (Wildman–Crippen MR) is 101 cm³/mol. The van der Waals surface area contributed by atoms with Crippen molar-refractivity contribution >= 4 is 35.1 Å². The molecular formula is C19H15NS2. The average molecular weight is 321 g/mol. The molecule has 3 rings (SSSR count). The van der Waals surface area contributed by atoms with Crippen molar-refractivity contribution in [1.82, 2.24) is 4.98 Å². The molecule has 1 nitrogen and oxygen atoms in total. The van der Waals surface area contributed by atoms with Crippen molar-refractivity contribution in [2.75, 3.05) is 0 Å². The third-order valence-corrected chi connectivity index (χ3v) is 4.53. The van der Waals surface area contributed by atoms with Gasteiger partial charge in [0, 0.05) is 21.6 Å². The van der Waals surface area contributed by atoms with Crippen LogP contribution in [0, 0.1) is 0 Å².